The number of fused-ring (bicyclic) bond motifs is 1. The number of hydrogen-bond donors (Lipinski definition) is 1. The van der Waals surface area contributed by atoms with Crippen LogP contribution in [0.1, 0.15) is 24.1 Å². The minimum atomic E-state index is -3.65. The number of aryl methyl sites for hydroxylation is 1. The zero-order valence-electron chi connectivity index (χ0n) is 14.4. The van der Waals surface area contributed by atoms with Crippen LogP contribution in [-0.2, 0) is 10.0 Å². The van der Waals surface area contributed by atoms with Gasteiger partial charge in [0, 0.05) is 6.04 Å². The Labute approximate surface area is 147 Å². The Morgan fingerprint density at radius 1 is 1.08 bits per heavy atom. The second kappa shape index (κ2) is 6.93. The van der Waals surface area contributed by atoms with Crippen LogP contribution in [0.25, 0.3) is 0 Å². The van der Waals surface area contributed by atoms with Crippen molar-refractivity contribution in [3.63, 3.8) is 0 Å². The number of nitrogens with one attached hydrogen (secondary N) is 1. The van der Waals surface area contributed by atoms with E-state index in [4.69, 9.17) is 14.2 Å². The molecule has 0 radical (unpaired) electrons. The molecule has 0 amide bonds. The molecule has 1 aliphatic rings. The Balaban J connectivity index is 1.81. The summed E-state index contributed by atoms with van der Waals surface area (Å²) in [4.78, 5) is 0.204. The van der Waals surface area contributed by atoms with E-state index in [-0.39, 0.29) is 4.90 Å². The maximum Gasteiger partial charge on any atom is 0.241 e. The van der Waals surface area contributed by atoms with Gasteiger partial charge in [0.15, 0.2) is 11.5 Å². The van der Waals surface area contributed by atoms with Crippen LogP contribution in [0.4, 0.5) is 0 Å². The number of ether oxygens (including phenoxy) is 3. The van der Waals surface area contributed by atoms with Crippen LogP contribution in [0.3, 0.4) is 0 Å². The van der Waals surface area contributed by atoms with E-state index in [9.17, 15) is 8.42 Å². The molecule has 1 N–H and O–H groups in total. The predicted octanol–water partition coefficient (Wildman–Crippen LogP) is 2.81. The average molecular weight is 363 g/mol. The first kappa shape index (κ1) is 17.6. The van der Waals surface area contributed by atoms with E-state index in [1.807, 2.05) is 13.0 Å². The first-order valence-corrected chi connectivity index (χ1v) is 9.45. The van der Waals surface area contributed by atoms with E-state index in [1.54, 1.807) is 38.3 Å². The van der Waals surface area contributed by atoms with Crippen molar-refractivity contribution < 1.29 is 22.6 Å². The van der Waals surface area contributed by atoms with Gasteiger partial charge in [0.2, 0.25) is 10.0 Å². The summed E-state index contributed by atoms with van der Waals surface area (Å²) in [6.07, 6.45) is 0. The molecule has 1 unspecified atom stereocenters. The SMILES string of the molecule is COc1ccc(S(=O)(=O)NC(C)c2ccc3c(c2)OCCO3)cc1C. The zero-order valence-corrected chi connectivity index (χ0v) is 15.2. The van der Waals surface area contributed by atoms with Gasteiger partial charge in [-0.15, -0.1) is 0 Å². The number of sulfonamides is 1. The first-order valence-electron chi connectivity index (χ1n) is 7.97. The van der Waals surface area contributed by atoms with Crippen LogP contribution in [0.15, 0.2) is 41.3 Å². The molecular weight excluding hydrogens is 342 g/mol. The Hall–Kier alpha value is -2.25. The molecule has 6 nitrogen and oxygen atoms in total. The van der Waals surface area contributed by atoms with Crippen LogP contribution in [0, 0.1) is 6.92 Å². The zero-order chi connectivity index (χ0) is 18.0. The van der Waals surface area contributed by atoms with Crippen molar-refractivity contribution in [2.75, 3.05) is 20.3 Å². The molecule has 25 heavy (non-hydrogen) atoms. The van der Waals surface area contributed by atoms with E-state index in [0.29, 0.717) is 30.5 Å². The third-order valence-corrected chi connectivity index (χ3v) is 5.61. The Morgan fingerprint density at radius 2 is 1.80 bits per heavy atom. The summed E-state index contributed by atoms with van der Waals surface area (Å²) in [5.74, 6) is 1.96. The molecule has 134 valence electrons. The molecule has 2 aromatic carbocycles. The summed E-state index contributed by atoms with van der Waals surface area (Å²) >= 11 is 0. The number of hydrogen-bond acceptors (Lipinski definition) is 5. The summed E-state index contributed by atoms with van der Waals surface area (Å²) in [7, 11) is -2.10. The summed E-state index contributed by atoms with van der Waals surface area (Å²) in [6, 6.07) is 9.80. The molecule has 3 rings (SSSR count). The Kier molecular flexibility index (Phi) is 4.87. The van der Waals surface area contributed by atoms with Gasteiger partial charge in [0.1, 0.15) is 19.0 Å². The van der Waals surface area contributed by atoms with Crippen LogP contribution < -0.4 is 18.9 Å². The monoisotopic (exact) mass is 363 g/mol. The van der Waals surface area contributed by atoms with Gasteiger partial charge < -0.3 is 14.2 Å². The van der Waals surface area contributed by atoms with Crippen molar-refractivity contribution >= 4 is 10.0 Å². The lowest BCUT2D eigenvalue weighted by Gasteiger charge is -2.21. The summed E-state index contributed by atoms with van der Waals surface area (Å²) in [5.41, 5.74) is 1.57. The average Bonchev–Trinajstić information content (AvgIpc) is 2.60. The minimum Gasteiger partial charge on any atom is -0.496 e. The molecular formula is C18H21NO5S. The van der Waals surface area contributed by atoms with Gasteiger partial charge in [-0.1, -0.05) is 6.07 Å². The number of benzene rings is 2. The van der Waals surface area contributed by atoms with Gasteiger partial charge in [-0.05, 0) is 55.3 Å². The van der Waals surface area contributed by atoms with Crippen molar-refractivity contribution in [1.29, 1.82) is 0 Å². The topological polar surface area (TPSA) is 73.9 Å². The van der Waals surface area contributed by atoms with Crippen LogP contribution in [-0.4, -0.2) is 28.7 Å². The standard InChI is InChI=1S/C18H21NO5S/c1-12-10-15(5-7-16(12)22-3)25(20,21)19-13(2)14-4-6-17-18(11-14)24-9-8-23-17/h4-7,10-11,13,19H,8-9H2,1-3H3. The lowest BCUT2D eigenvalue weighted by atomic mass is 10.1. The van der Waals surface area contributed by atoms with E-state index in [0.717, 1.165) is 11.1 Å². The Morgan fingerprint density at radius 3 is 2.48 bits per heavy atom. The molecule has 0 aromatic heterocycles. The number of rotatable bonds is 5. The van der Waals surface area contributed by atoms with E-state index in [2.05, 4.69) is 4.72 Å². The van der Waals surface area contributed by atoms with Crippen LogP contribution in [0.5, 0.6) is 17.2 Å². The lowest BCUT2D eigenvalue weighted by Crippen LogP contribution is -2.27. The second-order valence-electron chi connectivity index (χ2n) is 5.88. The van der Waals surface area contributed by atoms with E-state index in [1.165, 1.54) is 6.07 Å². The Bertz CT molecular complexity index is 879. The molecule has 0 saturated heterocycles. The van der Waals surface area contributed by atoms with Crippen LogP contribution >= 0.6 is 0 Å². The smallest absolute Gasteiger partial charge is 0.241 e. The molecule has 0 aliphatic carbocycles. The number of methoxy groups -OCH3 is 1. The highest BCUT2D eigenvalue weighted by molar-refractivity contribution is 7.89. The highest BCUT2D eigenvalue weighted by Gasteiger charge is 2.21. The van der Waals surface area contributed by atoms with Crippen molar-refractivity contribution in [2.24, 2.45) is 0 Å². The fourth-order valence-corrected chi connectivity index (χ4v) is 4.03. The maximum absolute atomic E-state index is 12.6. The molecule has 0 bridgehead atoms. The molecule has 0 spiro atoms. The van der Waals surface area contributed by atoms with Gasteiger partial charge >= 0.3 is 0 Å². The third-order valence-electron chi connectivity index (χ3n) is 4.07. The summed E-state index contributed by atoms with van der Waals surface area (Å²) in [5, 5.41) is 0. The molecule has 0 saturated carbocycles. The van der Waals surface area contributed by atoms with Crippen molar-refractivity contribution in [3.8, 4) is 17.2 Å². The van der Waals surface area contributed by atoms with Gasteiger partial charge in [-0.3, -0.25) is 0 Å². The molecule has 0 fully saturated rings. The van der Waals surface area contributed by atoms with Gasteiger partial charge in [-0.25, -0.2) is 13.1 Å². The maximum atomic E-state index is 12.6. The first-order chi connectivity index (χ1) is 11.9. The lowest BCUT2D eigenvalue weighted by molar-refractivity contribution is 0.171. The summed E-state index contributed by atoms with van der Waals surface area (Å²) < 4.78 is 44.2. The summed E-state index contributed by atoms with van der Waals surface area (Å²) in [6.45, 7) is 4.61. The van der Waals surface area contributed by atoms with E-state index < -0.39 is 16.1 Å². The third kappa shape index (κ3) is 3.72. The molecule has 1 aliphatic heterocycles. The largest absolute Gasteiger partial charge is 0.496 e. The highest BCUT2D eigenvalue weighted by atomic mass is 32.2. The highest BCUT2D eigenvalue weighted by Crippen LogP contribution is 2.33. The van der Waals surface area contributed by atoms with Crippen LogP contribution in [0.2, 0.25) is 0 Å². The van der Waals surface area contributed by atoms with Gasteiger partial charge in [0.05, 0.1) is 12.0 Å². The quantitative estimate of drug-likeness (QED) is 0.884. The molecule has 7 heteroatoms. The molecule has 2 aromatic rings. The second-order valence-corrected chi connectivity index (χ2v) is 7.59. The molecule has 1 heterocycles. The fourth-order valence-electron chi connectivity index (χ4n) is 2.72. The predicted molar refractivity (Wildman–Crippen MR) is 93.9 cm³/mol. The van der Waals surface area contributed by atoms with Crippen molar-refractivity contribution in [1.82, 2.24) is 4.72 Å². The minimum absolute atomic E-state index is 0.204. The normalized spacial score (nSPS) is 14.8. The van der Waals surface area contributed by atoms with E-state index >= 15 is 0 Å². The fraction of sp³-hybridized carbons (Fsp3) is 0.333. The van der Waals surface area contributed by atoms with Gasteiger partial charge in [-0.2, -0.15) is 0 Å². The van der Waals surface area contributed by atoms with Crippen molar-refractivity contribution in [3.05, 3.63) is 47.5 Å². The van der Waals surface area contributed by atoms with Crippen molar-refractivity contribution in [2.45, 2.75) is 24.8 Å². The molecule has 1 atom stereocenters. The van der Waals surface area contributed by atoms with Gasteiger partial charge in [0.25, 0.3) is 0 Å².